The van der Waals surface area contributed by atoms with Crippen LogP contribution in [0.4, 0.5) is 0 Å². The molecule has 114 valence electrons. The van der Waals surface area contributed by atoms with Crippen LogP contribution in [0.3, 0.4) is 0 Å². The van der Waals surface area contributed by atoms with Crippen molar-refractivity contribution in [2.24, 2.45) is 7.05 Å². The molecule has 2 aromatic rings. The highest BCUT2D eigenvalue weighted by Crippen LogP contribution is 2.24. The standard InChI is InChI=1S/C17H25N3O/c1-5-9-18-16(12-15-8-10-20(3)19-15)14-6-7-17(21-4)13(2)11-14/h6-8,10-11,16,18H,5,9,12H2,1-4H3. The molecule has 0 fully saturated rings. The molecular weight excluding hydrogens is 262 g/mol. The smallest absolute Gasteiger partial charge is 0.121 e. The van der Waals surface area contributed by atoms with Crippen LogP contribution in [0.1, 0.15) is 36.2 Å². The Morgan fingerprint density at radius 2 is 2.14 bits per heavy atom. The van der Waals surface area contributed by atoms with E-state index >= 15 is 0 Å². The van der Waals surface area contributed by atoms with Crippen molar-refractivity contribution in [3.05, 3.63) is 47.3 Å². The van der Waals surface area contributed by atoms with Gasteiger partial charge in [-0.15, -0.1) is 0 Å². The molecule has 0 aliphatic heterocycles. The zero-order valence-corrected chi connectivity index (χ0v) is 13.4. The number of ether oxygens (including phenoxy) is 1. The van der Waals surface area contributed by atoms with E-state index in [1.54, 1.807) is 7.11 Å². The van der Waals surface area contributed by atoms with E-state index < -0.39 is 0 Å². The van der Waals surface area contributed by atoms with Gasteiger partial charge >= 0.3 is 0 Å². The van der Waals surface area contributed by atoms with E-state index in [2.05, 4.69) is 42.5 Å². The molecule has 0 radical (unpaired) electrons. The fourth-order valence-corrected chi connectivity index (χ4v) is 2.53. The number of benzene rings is 1. The second-order valence-corrected chi connectivity index (χ2v) is 5.42. The summed E-state index contributed by atoms with van der Waals surface area (Å²) in [6, 6.07) is 8.75. The molecule has 0 amide bonds. The number of aromatic nitrogens is 2. The molecule has 0 bridgehead atoms. The third kappa shape index (κ3) is 4.08. The minimum Gasteiger partial charge on any atom is -0.496 e. The van der Waals surface area contributed by atoms with Crippen molar-refractivity contribution in [1.29, 1.82) is 0 Å². The molecule has 0 aliphatic rings. The first kappa shape index (κ1) is 15.6. The van der Waals surface area contributed by atoms with E-state index in [4.69, 9.17) is 4.74 Å². The minimum absolute atomic E-state index is 0.282. The molecule has 0 spiro atoms. The summed E-state index contributed by atoms with van der Waals surface area (Å²) in [7, 11) is 3.66. The molecule has 1 heterocycles. The van der Waals surface area contributed by atoms with Crippen LogP contribution in [0.2, 0.25) is 0 Å². The van der Waals surface area contributed by atoms with Crippen molar-refractivity contribution in [2.45, 2.75) is 32.7 Å². The predicted molar refractivity (Wildman–Crippen MR) is 85.7 cm³/mol. The molecule has 1 atom stereocenters. The van der Waals surface area contributed by atoms with E-state index in [0.29, 0.717) is 0 Å². The number of hydrogen-bond donors (Lipinski definition) is 1. The summed E-state index contributed by atoms with van der Waals surface area (Å²) in [5.74, 6) is 0.936. The molecule has 1 aromatic heterocycles. The number of methoxy groups -OCH3 is 1. The SMILES string of the molecule is CCCNC(Cc1ccn(C)n1)c1ccc(OC)c(C)c1. The fraction of sp³-hybridized carbons (Fsp3) is 0.471. The minimum atomic E-state index is 0.282. The lowest BCUT2D eigenvalue weighted by atomic mass is 9.99. The van der Waals surface area contributed by atoms with Crippen molar-refractivity contribution >= 4 is 0 Å². The second-order valence-electron chi connectivity index (χ2n) is 5.42. The molecule has 1 N–H and O–H groups in total. The second kappa shape index (κ2) is 7.27. The molecular formula is C17H25N3O. The molecule has 1 aromatic carbocycles. The Balaban J connectivity index is 2.20. The van der Waals surface area contributed by atoms with E-state index in [1.165, 1.54) is 11.1 Å². The number of rotatable bonds is 7. The van der Waals surface area contributed by atoms with Crippen LogP contribution in [0.15, 0.2) is 30.5 Å². The lowest BCUT2D eigenvalue weighted by Crippen LogP contribution is -2.24. The first-order valence-corrected chi connectivity index (χ1v) is 7.50. The Kier molecular flexibility index (Phi) is 5.39. The Bertz CT molecular complexity index is 577. The van der Waals surface area contributed by atoms with Gasteiger partial charge in [0.2, 0.25) is 0 Å². The van der Waals surface area contributed by atoms with Gasteiger partial charge < -0.3 is 10.1 Å². The molecule has 2 rings (SSSR count). The highest BCUT2D eigenvalue weighted by Gasteiger charge is 2.14. The molecule has 0 aliphatic carbocycles. The average Bonchev–Trinajstić information content (AvgIpc) is 2.88. The monoisotopic (exact) mass is 287 g/mol. The molecule has 4 nitrogen and oxygen atoms in total. The van der Waals surface area contributed by atoms with Gasteiger partial charge in [0.25, 0.3) is 0 Å². The fourth-order valence-electron chi connectivity index (χ4n) is 2.53. The topological polar surface area (TPSA) is 39.1 Å². The molecule has 21 heavy (non-hydrogen) atoms. The highest BCUT2D eigenvalue weighted by molar-refractivity contribution is 5.37. The van der Waals surface area contributed by atoms with Crippen LogP contribution < -0.4 is 10.1 Å². The van der Waals surface area contributed by atoms with Crippen molar-refractivity contribution in [1.82, 2.24) is 15.1 Å². The van der Waals surface area contributed by atoms with E-state index in [-0.39, 0.29) is 6.04 Å². The zero-order valence-electron chi connectivity index (χ0n) is 13.4. The summed E-state index contributed by atoms with van der Waals surface area (Å²) in [5, 5.41) is 8.11. The normalized spacial score (nSPS) is 12.4. The molecule has 1 unspecified atom stereocenters. The van der Waals surface area contributed by atoms with Gasteiger partial charge in [-0.2, -0.15) is 5.10 Å². The van der Waals surface area contributed by atoms with Crippen molar-refractivity contribution in [3.8, 4) is 5.75 Å². The van der Waals surface area contributed by atoms with Gasteiger partial charge in [-0.05, 0) is 43.1 Å². The quantitative estimate of drug-likeness (QED) is 0.851. The maximum atomic E-state index is 5.35. The number of hydrogen-bond acceptors (Lipinski definition) is 3. The van der Waals surface area contributed by atoms with E-state index in [1.807, 2.05) is 24.0 Å². The van der Waals surface area contributed by atoms with Gasteiger partial charge in [-0.3, -0.25) is 4.68 Å². The lowest BCUT2D eigenvalue weighted by molar-refractivity contribution is 0.411. The number of nitrogens with zero attached hydrogens (tertiary/aromatic N) is 2. The van der Waals surface area contributed by atoms with Crippen LogP contribution in [0.5, 0.6) is 5.75 Å². The zero-order chi connectivity index (χ0) is 15.2. The van der Waals surface area contributed by atoms with Gasteiger partial charge in [0, 0.05) is 25.7 Å². The van der Waals surface area contributed by atoms with Crippen LogP contribution in [-0.2, 0) is 13.5 Å². The Morgan fingerprint density at radius 3 is 2.71 bits per heavy atom. The van der Waals surface area contributed by atoms with Crippen molar-refractivity contribution < 1.29 is 4.74 Å². The van der Waals surface area contributed by atoms with Crippen LogP contribution in [0.25, 0.3) is 0 Å². The first-order chi connectivity index (χ1) is 10.1. The molecule has 0 saturated heterocycles. The Labute approximate surface area is 127 Å². The van der Waals surface area contributed by atoms with Gasteiger partial charge in [0.1, 0.15) is 5.75 Å². The van der Waals surface area contributed by atoms with Crippen LogP contribution in [0, 0.1) is 6.92 Å². The van der Waals surface area contributed by atoms with Gasteiger partial charge in [-0.25, -0.2) is 0 Å². The summed E-state index contributed by atoms with van der Waals surface area (Å²) in [4.78, 5) is 0. The van der Waals surface area contributed by atoms with Crippen LogP contribution in [-0.4, -0.2) is 23.4 Å². The maximum Gasteiger partial charge on any atom is 0.121 e. The highest BCUT2D eigenvalue weighted by atomic mass is 16.5. The lowest BCUT2D eigenvalue weighted by Gasteiger charge is -2.19. The summed E-state index contributed by atoms with van der Waals surface area (Å²) in [6.07, 6.45) is 4.01. The Hall–Kier alpha value is -1.81. The third-order valence-electron chi connectivity index (χ3n) is 3.64. The average molecular weight is 287 g/mol. The van der Waals surface area contributed by atoms with Gasteiger partial charge in [0.05, 0.1) is 12.8 Å². The largest absolute Gasteiger partial charge is 0.496 e. The molecule has 0 saturated carbocycles. The third-order valence-corrected chi connectivity index (χ3v) is 3.64. The first-order valence-electron chi connectivity index (χ1n) is 7.50. The number of nitrogens with one attached hydrogen (secondary N) is 1. The summed E-state index contributed by atoms with van der Waals surface area (Å²) in [6.45, 7) is 5.27. The van der Waals surface area contributed by atoms with E-state index in [0.717, 1.165) is 30.8 Å². The van der Waals surface area contributed by atoms with Crippen molar-refractivity contribution in [2.75, 3.05) is 13.7 Å². The number of aryl methyl sites for hydroxylation is 2. The Morgan fingerprint density at radius 1 is 1.33 bits per heavy atom. The predicted octanol–water partition coefficient (Wildman–Crippen LogP) is 3.02. The molecule has 4 heteroatoms. The van der Waals surface area contributed by atoms with Gasteiger partial charge in [0.15, 0.2) is 0 Å². The summed E-state index contributed by atoms with van der Waals surface area (Å²) in [5.41, 5.74) is 3.56. The van der Waals surface area contributed by atoms with E-state index in [9.17, 15) is 0 Å². The van der Waals surface area contributed by atoms with Gasteiger partial charge in [-0.1, -0.05) is 19.1 Å². The van der Waals surface area contributed by atoms with Crippen molar-refractivity contribution in [3.63, 3.8) is 0 Å². The summed E-state index contributed by atoms with van der Waals surface area (Å²) < 4.78 is 7.20. The summed E-state index contributed by atoms with van der Waals surface area (Å²) >= 11 is 0. The van der Waals surface area contributed by atoms with Crippen LogP contribution >= 0.6 is 0 Å². The maximum absolute atomic E-state index is 5.35.